The Morgan fingerprint density at radius 1 is 1.17 bits per heavy atom. The van der Waals surface area contributed by atoms with E-state index in [1.807, 2.05) is 29.0 Å². The standard InChI is InChI=1S/C27H27N3O4S/c1-2-18-8-6-12-22-19(14-23-26(32)30(27(33)35-23)20-9-4-3-5-10-20)16-29(25(18)22)17-24(31)28-15-21-11-7-13-34-21/h3-6,8-10,12,14,16,21H,2,7,11,13,15,17H2,1H3,(H,28,31)/b23-14-/t21-/m1/s1. The van der Waals surface area contributed by atoms with E-state index in [1.54, 1.807) is 30.3 Å². The predicted octanol–water partition coefficient (Wildman–Crippen LogP) is 4.74. The minimum atomic E-state index is -0.340. The van der Waals surface area contributed by atoms with E-state index >= 15 is 0 Å². The third-order valence-electron chi connectivity index (χ3n) is 6.35. The number of carbonyl (C=O) groups excluding carboxylic acids is 3. The molecule has 2 aliphatic heterocycles. The van der Waals surface area contributed by atoms with Gasteiger partial charge in [0.05, 0.1) is 22.2 Å². The van der Waals surface area contributed by atoms with E-state index in [-0.39, 0.29) is 29.7 Å². The highest BCUT2D eigenvalue weighted by Crippen LogP contribution is 2.37. The Morgan fingerprint density at radius 3 is 2.74 bits per heavy atom. The van der Waals surface area contributed by atoms with Crippen LogP contribution < -0.4 is 10.2 Å². The van der Waals surface area contributed by atoms with E-state index in [4.69, 9.17) is 4.74 Å². The van der Waals surface area contributed by atoms with Crippen molar-refractivity contribution in [3.63, 3.8) is 0 Å². The van der Waals surface area contributed by atoms with Crippen molar-refractivity contribution in [1.29, 1.82) is 0 Å². The second kappa shape index (κ2) is 10.1. The highest BCUT2D eigenvalue weighted by molar-refractivity contribution is 8.19. The van der Waals surface area contributed by atoms with Crippen molar-refractivity contribution < 1.29 is 19.1 Å². The van der Waals surface area contributed by atoms with E-state index in [0.717, 1.165) is 59.7 Å². The van der Waals surface area contributed by atoms with Crippen LogP contribution in [0.3, 0.4) is 0 Å². The zero-order chi connectivity index (χ0) is 24.4. The van der Waals surface area contributed by atoms with Crippen LogP contribution in [0.25, 0.3) is 17.0 Å². The number of para-hydroxylation sites is 2. The first kappa shape index (κ1) is 23.4. The molecule has 3 aromatic rings. The van der Waals surface area contributed by atoms with Crippen LogP contribution in [0.4, 0.5) is 10.5 Å². The molecular weight excluding hydrogens is 462 g/mol. The van der Waals surface area contributed by atoms with Crippen LogP contribution >= 0.6 is 11.8 Å². The number of ether oxygens (including phenoxy) is 1. The molecule has 0 aliphatic carbocycles. The molecule has 8 heteroatoms. The molecule has 3 heterocycles. The highest BCUT2D eigenvalue weighted by atomic mass is 32.2. The van der Waals surface area contributed by atoms with Gasteiger partial charge in [-0.05, 0) is 54.8 Å². The first-order chi connectivity index (χ1) is 17.0. The van der Waals surface area contributed by atoms with Crippen molar-refractivity contribution in [3.05, 3.63) is 70.8 Å². The van der Waals surface area contributed by atoms with Crippen LogP contribution in [0.1, 0.15) is 30.9 Å². The highest BCUT2D eigenvalue weighted by Gasteiger charge is 2.36. The molecule has 1 N–H and O–H groups in total. The van der Waals surface area contributed by atoms with E-state index in [1.165, 1.54) is 4.90 Å². The molecule has 0 bridgehead atoms. The fraction of sp³-hybridized carbons (Fsp3) is 0.296. The largest absolute Gasteiger partial charge is 0.376 e. The molecule has 2 aromatic carbocycles. The van der Waals surface area contributed by atoms with Gasteiger partial charge < -0.3 is 14.6 Å². The molecule has 0 unspecified atom stereocenters. The van der Waals surface area contributed by atoms with Crippen LogP contribution in [0.2, 0.25) is 0 Å². The number of aryl methyl sites for hydroxylation is 1. The summed E-state index contributed by atoms with van der Waals surface area (Å²) in [4.78, 5) is 40.1. The van der Waals surface area contributed by atoms with Crippen LogP contribution in [-0.4, -0.2) is 40.9 Å². The third kappa shape index (κ3) is 4.76. The summed E-state index contributed by atoms with van der Waals surface area (Å²) in [5.74, 6) is -0.424. The Labute approximate surface area is 208 Å². The molecule has 2 fully saturated rings. The van der Waals surface area contributed by atoms with Crippen molar-refractivity contribution in [2.75, 3.05) is 18.1 Å². The van der Waals surface area contributed by atoms with Gasteiger partial charge in [0.15, 0.2) is 0 Å². The molecular formula is C27H27N3O4S. The predicted molar refractivity (Wildman–Crippen MR) is 138 cm³/mol. The van der Waals surface area contributed by atoms with Crippen molar-refractivity contribution in [2.24, 2.45) is 0 Å². The lowest BCUT2D eigenvalue weighted by Crippen LogP contribution is -2.34. The minimum absolute atomic E-state index is 0.0840. The van der Waals surface area contributed by atoms with Crippen LogP contribution in [0, 0.1) is 0 Å². The summed E-state index contributed by atoms with van der Waals surface area (Å²) >= 11 is 0.931. The number of nitrogens with zero attached hydrogens (tertiary/aromatic N) is 2. The van der Waals surface area contributed by atoms with Gasteiger partial charge >= 0.3 is 0 Å². The molecule has 5 rings (SSSR count). The van der Waals surface area contributed by atoms with Gasteiger partial charge in [-0.25, -0.2) is 4.90 Å². The number of anilines is 1. The Kier molecular flexibility index (Phi) is 6.74. The summed E-state index contributed by atoms with van der Waals surface area (Å²) in [7, 11) is 0. The first-order valence-electron chi connectivity index (χ1n) is 11.9. The maximum absolute atomic E-state index is 13.1. The zero-order valence-electron chi connectivity index (χ0n) is 19.5. The van der Waals surface area contributed by atoms with Gasteiger partial charge in [-0.15, -0.1) is 0 Å². The Morgan fingerprint density at radius 2 is 2.00 bits per heavy atom. The number of nitrogens with one attached hydrogen (secondary N) is 1. The van der Waals surface area contributed by atoms with E-state index in [9.17, 15) is 14.4 Å². The number of thioether (sulfide) groups is 1. The van der Waals surface area contributed by atoms with Crippen LogP contribution in [0.15, 0.2) is 59.6 Å². The van der Waals surface area contributed by atoms with Gasteiger partial charge in [0.25, 0.3) is 11.1 Å². The Bertz CT molecular complexity index is 1310. The number of amides is 3. The summed E-state index contributed by atoms with van der Waals surface area (Å²) in [5.41, 5.74) is 3.44. The topological polar surface area (TPSA) is 80.6 Å². The molecule has 2 aliphatic rings. The lowest BCUT2D eigenvalue weighted by molar-refractivity contribution is -0.122. The average Bonchev–Trinajstić information content (AvgIpc) is 3.57. The monoisotopic (exact) mass is 489 g/mol. The smallest absolute Gasteiger partial charge is 0.298 e. The number of hydrogen-bond acceptors (Lipinski definition) is 5. The van der Waals surface area contributed by atoms with Gasteiger partial charge in [-0.3, -0.25) is 14.4 Å². The number of imide groups is 1. The fourth-order valence-electron chi connectivity index (χ4n) is 4.64. The molecule has 180 valence electrons. The summed E-state index contributed by atoms with van der Waals surface area (Å²) in [6.07, 6.45) is 6.55. The number of aromatic nitrogens is 1. The molecule has 0 saturated carbocycles. The Balaban J connectivity index is 1.44. The van der Waals surface area contributed by atoms with E-state index in [0.29, 0.717) is 17.1 Å². The Hall–Kier alpha value is -3.36. The second-order valence-corrected chi connectivity index (χ2v) is 9.66. The van der Waals surface area contributed by atoms with Gasteiger partial charge in [0, 0.05) is 30.3 Å². The van der Waals surface area contributed by atoms with Gasteiger partial charge in [-0.1, -0.05) is 43.3 Å². The summed E-state index contributed by atoms with van der Waals surface area (Å²) in [6, 6.07) is 14.9. The SMILES string of the molecule is CCc1cccc2c(/C=C3\SC(=O)N(c4ccccc4)C3=O)cn(CC(=O)NC[C@H]3CCCO3)c12. The quantitative estimate of drug-likeness (QED) is 0.485. The molecule has 0 spiro atoms. The molecule has 1 atom stereocenters. The number of rotatable bonds is 7. The lowest BCUT2D eigenvalue weighted by atomic mass is 10.1. The summed E-state index contributed by atoms with van der Waals surface area (Å²) in [5, 5.41) is 3.61. The van der Waals surface area contributed by atoms with Gasteiger partial charge in [0.1, 0.15) is 6.54 Å². The molecule has 7 nitrogen and oxygen atoms in total. The molecule has 35 heavy (non-hydrogen) atoms. The lowest BCUT2D eigenvalue weighted by Gasteiger charge is -2.12. The zero-order valence-corrected chi connectivity index (χ0v) is 20.3. The van der Waals surface area contributed by atoms with Crippen LogP contribution in [-0.2, 0) is 27.3 Å². The van der Waals surface area contributed by atoms with Gasteiger partial charge in [0.2, 0.25) is 5.91 Å². The normalized spacial score (nSPS) is 19.3. The molecule has 0 radical (unpaired) electrons. The maximum atomic E-state index is 13.1. The van der Waals surface area contributed by atoms with E-state index in [2.05, 4.69) is 18.3 Å². The number of fused-ring (bicyclic) bond motifs is 1. The maximum Gasteiger partial charge on any atom is 0.298 e. The van der Waals surface area contributed by atoms with Crippen molar-refractivity contribution in [2.45, 2.75) is 38.8 Å². The first-order valence-corrected chi connectivity index (χ1v) is 12.7. The third-order valence-corrected chi connectivity index (χ3v) is 7.22. The fourth-order valence-corrected chi connectivity index (χ4v) is 5.47. The minimum Gasteiger partial charge on any atom is -0.376 e. The number of benzene rings is 2. The van der Waals surface area contributed by atoms with E-state index < -0.39 is 0 Å². The van der Waals surface area contributed by atoms with Crippen molar-refractivity contribution >= 4 is 51.5 Å². The number of carbonyl (C=O) groups is 3. The van der Waals surface area contributed by atoms with Crippen molar-refractivity contribution in [3.8, 4) is 0 Å². The van der Waals surface area contributed by atoms with Crippen LogP contribution in [0.5, 0.6) is 0 Å². The molecule has 3 amide bonds. The molecule has 2 saturated heterocycles. The summed E-state index contributed by atoms with van der Waals surface area (Å²) in [6.45, 7) is 3.51. The average molecular weight is 490 g/mol. The van der Waals surface area contributed by atoms with Gasteiger partial charge in [-0.2, -0.15) is 0 Å². The summed E-state index contributed by atoms with van der Waals surface area (Å²) < 4.78 is 7.54. The number of hydrogen-bond donors (Lipinski definition) is 1. The van der Waals surface area contributed by atoms with Crippen molar-refractivity contribution in [1.82, 2.24) is 9.88 Å². The second-order valence-electron chi connectivity index (χ2n) is 8.67. The molecule has 1 aromatic heterocycles.